The van der Waals surface area contributed by atoms with Crippen LogP contribution in [0.4, 0.5) is 0 Å². The number of esters is 1. The summed E-state index contributed by atoms with van der Waals surface area (Å²) < 4.78 is 10.6. The van der Waals surface area contributed by atoms with Crippen molar-refractivity contribution in [1.82, 2.24) is 0 Å². The average Bonchev–Trinajstić information content (AvgIpc) is 2.45. The van der Waals surface area contributed by atoms with Gasteiger partial charge in [-0.1, -0.05) is 49.4 Å². The van der Waals surface area contributed by atoms with Gasteiger partial charge in [-0.25, -0.2) is 4.79 Å². The minimum Gasteiger partial charge on any atom is -0.463 e. The quantitative estimate of drug-likeness (QED) is 0.409. The average molecular weight is 262 g/mol. The highest BCUT2D eigenvalue weighted by molar-refractivity contribution is 5.74. The molecule has 1 atom stereocenters. The van der Waals surface area contributed by atoms with Crippen molar-refractivity contribution >= 4 is 5.97 Å². The topological polar surface area (TPSA) is 35.5 Å². The Bertz CT molecular complexity index is 384. The van der Waals surface area contributed by atoms with E-state index in [9.17, 15) is 4.79 Å². The third-order valence-corrected chi connectivity index (χ3v) is 2.61. The van der Waals surface area contributed by atoms with Crippen molar-refractivity contribution in [3.05, 3.63) is 48.0 Å². The van der Waals surface area contributed by atoms with Gasteiger partial charge in [-0.15, -0.1) is 0 Å². The van der Waals surface area contributed by atoms with Crippen LogP contribution in [0.25, 0.3) is 0 Å². The molecule has 0 radical (unpaired) electrons. The van der Waals surface area contributed by atoms with Gasteiger partial charge < -0.3 is 9.47 Å². The van der Waals surface area contributed by atoms with E-state index in [1.165, 1.54) is 0 Å². The first-order chi connectivity index (χ1) is 9.24. The summed E-state index contributed by atoms with van der Waals surface area (Å²) in [5.74, 6) is -0.305. The Morgan fingerprint density at radius 3 is 2.68 bits per heavy atom. The predicted octanol–water partition coefficient (Wildman–Crippen LogP) is 3.49. The molecule has 0 N–H and O–H groups in total. The van der Waals surface area contributed by atoms with Gasteiger partial charge in [0.15, 0.2) is 6.10 Å². The van der Waals surface area contributed by atoms with Crippen LogP contribution < -0.4 is 0 Å². The van der Waals surface area contributed by atoms with Gasteiger partial charge in [-0.3, -0.25) is 0 Å². The maximum atomic E-state index is 11.6. The Balaban J connectivity index is 2.20. The van der Waals surface area contributed by atoms with Crippen LogP contribution in [0.2, 0.25) is 0 Å². The summed E-state index contributed by atoms with van der Waals surface area (Å²) in [6.45, 7) is 4.62. The van der Waals surface area contributed by atoms with Crippen molar-refractivity contribution < 1.29 is 14.3 Å². The van der Waals surface area contributed by atoms with E-state index in [0.717, 1.165) is 18.4 Å². The number of carbonyl (C=O) groups is 1. The van der Waals surface area contributed by atoms with Gasteiger partial charge >= 0.3 is 5.97 Å². The van der Waals surface area contributed by atoms with E-state index in [4.69, 9.17) is 9.47 Å². The standard InChI is InChI=1S/C16H22O3/c1-3-4-5-9-12-18-16(17)14(2)19-13-15-10-7-6-8-11-15/h4-8,10-11,14H,3,9,12-13H2,1-2H3/b5-4-. The van der Waals surface area contributed by atoms with Crippen molar-refractivity contribution in [2.45, 2.75) is 39.4 Å². The summed E-state index contributed by atoms with van der Waals surface area (Å²) in [7, 11) is 0. The Labute approximate surface area is 115 Å². The summed E-state index contributed by atoms with van der Waals surface area (Å²) in [6, 6.07) is 9.77. The molecular weight excluding hydrogens is 240 g/mol. The molecule has 0 saturated heterocycles. The molecule has 0 aliphatic rings. The van der Waals surface area contributed by atoms with Gasteiger partial charge in [-0.05, 0) is 25.3 Å². The van der Waals surface area contributed by atoms with Crippen LogP contribution in [0, 0.1) is 0 Å². The van der Waals surface area contributed by atoms with Crippen molar-refractivity contribution in [3.8, 4) is 0 Å². The molecule has 3 nitrogen and oxygen atoms in total. The van der Waals surface area contributed by atoms with Gasteiger partial charge in [0.05, 0.1) is 13.2 Å². The molecule has 0 bridgehead atoms. The second-order valence-electron chi connectivity index (χ2n) is 4.27. The Kier molecular flexibility index (Phi) is 7.59. The zero-order valence-corrected chi connectivity index (χ0v) is 11.7. The highest BCUT2D eigenvalue weighted by Crippen LogP contribution is 2.04. The number of rotatable bonds is 8. The normalized spacial score (nSPS) is 12.5. The Hall–Kier alpha value is -1.61. The minimum atomic E-state index is -0.532. The third kappa shape index (κ3) is 6.77. The maximum absolute atomic E-state index is 11.6. The maximum Gasteiger partial charge on any atom is 0.334 e. The molecular formula is C16H22O3. The molecule has 0 saturated carbocycles. The fraction of sp³-hybridized carbons (Fsp3) is 0.438. The molecule has 104 valence electrons. The molecule has 0 fully saturated rings. The van der Waals surface area contributed by atoms with Gasteiger partial charge in [0.1, 0.15) is 0 Å². The number of allylic oxidation sites excluding steroid dienone is 1. The molecule has 0 aliphatic carbocycles. The number of carbonyl (C=O) groups excluding carboxylic acids is 1. The van der Waals surface area contributed by atoms with E-state index in [0.29, 0.717) is 13.2 Å². The summed E-state index contributed by atoms with van der Waals surface area (Å²) in [4.78, 5) is 11.6. The van der Waals surface area contributed by atoms with E-state index in [2.05, 4.69) is 13.0 Å². The molecule has 3 heteroatoms. The second-order valence-corrected chi connectivity index (χ2v) is 4.27. The van der Waals surface area contributed by atoms with Crippen LogP contribution in [-0.4, -0.2) is 18.7 Å². The first kappa shape index (κ1) is 15.4. The molecule has 19 heavy (non-hydrogen) atoms. The SMILES string of the molecule is CC/C=C\CCOC(=O)C(C)OCc1ccccc1. The predicted molar refractivity (Wildman–Crippen MR) is 75.7 cm³/mol. The first-order valence-electron chi connectivity index (χ1n) is 6.71. The Morgan fingerprint density at radius 1 is 1.26 bits per heavy atom. The molecule has 0 spiro atoms. The minimum absolute atomic E-state index is 0.305. The zero-order chi connectivity index (χ0) is 13.9. The Morgan fingerprint density at radius 2 is 2.00 bits per heavy atom. The zero-order valence-electron chi connectivity index (χ0n) is 11.7. The molecule has 0 aliphatic heterocycles. The molecule has 1 aromatic rings. The summed E-state index contributed by atoms with van der Waals surface area (Å²) in [5.41, 5.74) is 1.05. The number of hydrogen-bond acceptors (Lipinski definition) is 3. The van der Waals surface area contributed by atoms with Crippen LogP contribution in [0.15, 0.2) is 42.5 Å². The highest BCUT2D eigenvalue weighted by atomic mass is 16.6. The summed E-state index contributed by atoms with van der Waals surface area (Å²) >= 11 is 0. The van der Waals surface area contributed by atoms with Gasteiger partial charge in [0.25, 0.3) is 0 Å². The largest absolute Gasteiger partial charge is 0.463 e. The first-order valence-corrected chi connectivity index (χ1v) is 6.71. The molecule has 1 rings (SSSR count). The van der Waals surface area contributed by atoms with Crippen LogP contribution in [0.3, 0.4) is 0 Å². The number of ether oxygens (including phenoxy) is 2. The van der Waals surface area contributed by atoms with E-state index in [1.54, 1.807) is 6.92 Å². The van der Waals surface area contributed by atoms with E-state index in [-0.39, 0.29) is 5.97 Å². The number of benzene rings is 1. The fourth-order valence-corrected chi connectivity index (χ4v) is 1.49. The number of hydrogen-bond donors (Lipinski definition) is 0. The van der Waals surface area contributed by atoms with Crippen molar-refractivity contribution in [3.63, 3.8) is 0 Å². The smallest absolute Gasteiger partial charge is 0.334 e. The van der Waals surface area contributed by atoms with Crippen LogP contribution >= 0.6 is 0 Å². The van der Waals surface area contributed by atoms with Crippen LogP contribution in [0.5, 0.6) is 0 Å². The van der Waals surface area contributed by atoms with Gasteiger partial charge in [-0.2, -0.15) is 0 Å². The summed E-state index contributed by atoms with van der Waals surface area (Å²) in [5, 5.41) is 0. The third-order valence-electron chi connectivity index (χ3n) is 2.61. The van der Waals surface area contributed by atoms with E-state index < -0.39 is 6.10 Å². The monoisotopic (exact) mass is 262 g/mol. The highest BCUT2D eigenvalue weighted by Gasteiger charge is 2.14. The van der Waals surface area contributed by atoms with E-state index in [1.807, 2.05) is 36.4 Å². The lowest BCUT2D eigenvalue weighted by atomic mass is 10.2. The lowest BCUT2D eigenvalue weighted by Gasteiger charge is -2.12. The van der Waals surface area contributed by atoms with Crippen molar-refractivity contribution in [2.24, 2.45) is 0 Å². The molecule has 0 heterocycles. The lowest BCUT2D eigenvalue weighted by Crippen LogP contribution is -2.23. The van der Waals surface area contributed by atoms with Crippen molar-refractivity contribution in [1.29, 1.82) is 0 Å². The van der Waals surface area contributed by atoms with Crippen LogP contribution in [-0.2, 0) is 20.9 Å². The molecule has 1 unspecified atom stereocenters. The fourth-order valence-electron chi connectivity index (χ4n) is 1.49. The second kappa shape index (κ2) is 9.34. The van der Waals surface area contributed by atoms with Gasteiger partial charge in [0, 0.05) is 0 Å². The van der Waals surface area contributed by atoms with Crippen LogP contribution in [0.1, 0.15) is 32.3 Å². The van der Waals surface area contributed by atoms with Gasteiger partial charge in [0.2, 0.25) is 0 Å². The lowest BCUT2D eigenvalue weighted by molar-refractivity contribution is -0.156. The van der Waals surface area contributed by atoms with Crippen molar-refractivity contribution in [2.75, 3.05) is 6.61 Å². The van der Waals surface area contributed by atoms with E-state index >= 15 is 0 Å². The molecule has 0 amide bonds. The molecule has 1 aromatic carbocycles. The summed E-state index contributed by atoms with van der Waals surface area (Å²) in [6.07, 6.45) is 5.30. The molecule has 0 aromatic heterocycles.